The van der Waals surface area contributed by atoms with Crippen molar-refractivity contribution in [3.63, 3.8) is 0 Å². The van der Waals surface area contributed by atoms with E-state index in [1.54, 1.807) is 24.3 Å². The number of halogens is 2. The Labute approximate surface area is 199 Å². The number of benzene rings is 3. The van der Waals surface area contributed by atoms with Gasteiger partial charge in [0.15, 0.2) is 5.78 Å². The second-order valence-electron chi connectivity index (χ2n) is 7.52. The quantitative estimate of drug-likeness (QED) is 0.362. The third-order valence-electron chi connectivity index (χ3n) is 5.31. The zero-order valence-corrected chi connectivity index (χ0v) is 19.8. The van der Waals surface area contributed by atoms with E-state index in [2.05, 4.69) is 59.5 Å². The predicted molar refractivity (Wildman–Crippen MR) is 135 cm³/mol. The first-order chi connectivity index (χ1) is 14.6. The summed E-state index contributed by atoms with van der Waals surface area (Å²) >= 11 is 7.82. The molecule has 0 amide bonds. The molecular weight excluding hydrogens is 445 g/mol. The summed E-state index contributed by atoms with van der Waals surface area (Å²) in [7, 11) is 2.00. The van der Waals surface area contributed by atoms with Gasteiger partial charge in [-0.15, -0.1) is 24.2 Å². The SMILES string of the molecule is CN(CCC=C1c2ccccc2CSc2ccccc21)CC(=O)c1ccc(Cl)cc1.Cl. The Hall–Kier alpha value is -2.04. The molecule has 0 aromatic heterocycles. The van der Waals surface area contributed by atoms with Crippen LogP contribution in [0.1, 0.15) is 33.5 Å². The number of hydrogen-bond acceptors (Lipinski definition) is 3. The maximum Gasteiger partial charge on any atom is 0.176 e. The van der Waals surface area contributed by atoms with Crippen molar-refractivity contribution < 1.29 is 4.79 Å². The van der Waals surface area contributed by atoms with Gasteiger partial charge in [-0.1, -0.05) is 60.1 Å². The Morgan fingerprint density at radius 3 is 2.45 bits per heavy atom. The molecule has 4 rings (SSSR count). The van der Waals surface area contributed by atoms with Crippen LogP contribution >= 0.6 is 35.8 Å². The maximum atomic E-state index is 12.5. The van der Waals surface area contributed by atoms with Gasteiger partial charge in [-0.05, 0) is 66.1 Å². The highest BCUT2D eigenvalue weighted by atomic mass is 35.5. The highest BCUT2D eigenvalue weighted by Crippen LogP contribution is 2.40. The Balaban J connectivity index is 0.00000272. The summed E-state index contributed by atoms with van der Waals surface area (Å²) in [6.45, 7) is 1.22. The second kappa shape index (κ2) is 11.0. The number of rotatable bonds is 6. The van der Waals surface area contributed by atoms with Crippen LogP contribution < -0.4 is 0 Å². The molecule has 0 saturated carbocycles. The van der Waals surface area contributed by atoms with Gasteiger partial charge >= 0.3 is 0 Å². The molecular formula is C26H25Cl2NOS. The molecule has 3 aromatic carbocycles. The molecule has 2 nitrogen and oxygen atoms in total. The smallest absolute Gasteiger partial charge is 0.176 e. The molecule has 0 unspecified atom stereocenters. The van der Waals surface area contributed by atoms with Gasteiger partial charge in [0, 0.05) is 27.8 Å². The Morgan fingerprint density at radius 2 is 1.68 bits per heavy atom. The largest absolute Gasteiger partial charge is 0.299 e. The number of likely N-dealkylation sites (N-methyl/N-ethyl adjacent to an activating group) is 1. The van der Waals surface area contributed by atoms with Gasteiger partial charge in [0.2, 0.25) is 0 Å². The molecule has 0 atom stereocenters. The summed E-state index contributed by atoms with van der Waals surface area (Å²) in [5.74, 6) is 1.10. The molecule has 0 radical (unpaired) electrons. The molecule has 0 bridgehead atoms. The van der Waals surface area contributed by atoms with E-state index >= 15 is 0 Å². The molecule has 31 heavy (non-hydrogen) atoms. The van der Waals surface area contributed by atoms with Gasteiger partial charge < -0.3 is 0 Å². The molecule has 0 saturated heterocycles. The van der Waals surface area contributed by atoms with Crippen molar-refractivity contribution in [3.8, 4) is 0 Å². The van der Waals surface area contributed by atoms with Gasteiger partial charge in [0.25, 0.3) is 0 Å². The fraction of sp³-hybridized carbons (Fsp3) is 0.192. The van der Waals surface area contributed by atoms with Crippen molar-refractivity contribution in [2.45, 2.75) is 17.1 Å². The van der Waals surface area contributed by atoms with Gasteiger partial charge in [0.05, 0.1) is 6.54 Å². The van der Waals surface area contributed by atoms with Crippen LogP contribution in [0.15, 0.2) is 83.8 Å². The molecule has 5 heteroatoms. The number of thioether (sulfide) groups is 1. The monoisotopic (exact) mass is 469 g/mol. The molecule has 1 heterocycles. The lowest BCUT2D eigenvalue weighted by atomic mass is 9.93. The van der Waals surface area contributed by atoms with Crippen molar-refractivity contribution in [3.05, 3.63) is 106 Å². The standard InChI is InChI=1S/C26H24ClNOS.ClH/c1-28(17-25(29)19-12-14-21(27)15-13-19)16-6-10-23-22-8-3-2-7-20(22)18-30-26-11-5-4-9-24(23)26;/h2-5,7-15H,6,16-18H2,1H3;1H. The molecule has 160 valence electrons. The minimum atomic E-state index is 0. The number of hydrogen-bond donors (Lipinski definition) is 0. The van der Waals surface area contributed by atoms with E-state index in [1.807, 2.05) is 18.8 Å². The Kier molecular flexibility index (Phi) is 8.39. The summed E-state index contributed by atoms with van der Waals surface area (Å²) in [5, 5.41) is 0.647. The third-order valence-corrected chi connectivity index (χ3v) is 6.68. The maximum absolute atomic E-state index is 12.5. The second-order valence-corrected chi connectivity index (χ2v) is 8.97. The van der Waals surface area contributed by atoms with Crippen molar-refractivity contribution in [2.24, 2.45) is 0 Å². The molecule has 0 aliphatic carbocycles. The van der Waals surface area contributed by atoms with E-state index in [-0.39, 0.29) is 18.2 Å². The zero-order valence-electron chi connectivity index (χ0n) is 17.4. The van der Waals surface area contributed by atoms with Gasteiger partial charge in [-0.2, -0.15) is 0 Å². The van der Waals surface area contributed by atoms with Crippen LogP contribution in [0.4, 0.5) is 0 Å². The number of Topliss-reactive ketones (excluding diaryl/α,β-unsaturated/α-hetero) is 1. The number of nitrogens with zero attached hydrogens (tertiary/aromatic N) is 1. The lowest BCUT2D eigenvalue weighted by Gasteiger charge is -2.16. The third kappa shape index (κ3) is 5.81. The molecule has 0 N–H and O–H groups in total. The first-order valence-electron chi connectivity index (χ1n) is 10.1. The van der Waals surface area contributed by atoms with Crippen LogP contribution in [-0.4, -0.2) is 30.8 Å². The average Bonchev–Trinajstić information content (AvgIpc) is 2.91. The lowest BCUT2D eigenvalue weighted by Crippen LogP contribution is -2.26. The minimum Gasteiger partial charge on any atom is -0.299 e. The zero-order chi connectivity index (χ0) is 20.9. The van der Waals surface area contributed by atoms with Crippen LogP contribution in [-0.2, 0) is 5.75 Å². The molecule has 3 aromatic rings. The normalized spacial score (nSPS) is 13.8. The first kappa shape index (κ1) is 23.6. The summed E-state index contributed by atoms with van der Waals surface area (Å²) in [5.41, 5.74) is 5.98. The summed E-state index contributed by atoms with van der Waals surface area (Å²) < 4.78 is 0. The number of ketones is 1. The lowest BCUT2D eigenvalue weighted by molar-refractivity contribution is 0.0947. The van der Waals surface area contributed by atoms with E-state index in [1.165, 1.54) is 27.2 Å². The van der Waals surface area contributed by atoms with Crippen LogP contribution in [0.25, 0.3) is 5.57 Å². The van der Waals surface area contributed by atoms with E-state index in [4.69, 9.17) is 11.6 Å². The van der Waals surface area contributed by atoms with Crippen LogP contribution in [0.5, 0.6) is 0 Å². The number of carbonyl (C=O) groups excluding carboxylic acids is 1. The van der Waals surface area contributed by atoms with E-state index < -0.39 is 0 Å². The predicted octanol–water partition coefficient (Wildman–Crippen LogP) is 7.00. The van der Waals surface area contributed by atoms with Gasteiger partial charge in [-0.3, -0.25) is 9.69 Å². The van der Waals surface area contributed by atoms with Crippen molar-refractivity contribution >= 4 is 47.1 Å². The summed E-state index contributed by atoms with van der Waals surface area (Å²) in [4.78, 5) is 15.9. The van der Waals surface area contributed by atoms with Gasteiger partial charge in [-0.25, -0.2) is 0 Å². The van der Waals surface area contributed by atoms with E-state index in [0.717, 1.165) is 18.7 Å². The van der Waals surface area contributed by atoms with Crippen molar-refractivity contribution in [1.29, 1.82) is 0 Å². The minimum absolute atomic E-state index is 0. The molecule has 1 aliphatic rings. The fourth-order valence-corrected chi connectivity index (χ4v) is 4.92. The van der Waals surface area contributed by atoms with Crippen LogP contribution in [0.2, 0.25) is 5.02 Å². The summed E-state index contributed by atoms with van der Waals surface area (Å²) in [6.07, 6.45) is 3.21. The van der Waals surface area contributed by atoms with E-state index in [0.29, 0.717) is 17.1 Å². The van der Waals surface area contributed by atoms with Crippen molar-refractivity contribution in [1.82, 2.24) is 4.90 Å². The number of carbonyl (C=O) groups is 1. The number of fused-ring (bicyclic) bond motifs is 2. The fourth-order valence-electron chi connectivity index (χ4n) is 3.72. The molecule has 0 spiro atoms. The Bertz CT molecular complexity index is 1030. The van der Waals surface area contributed by atoms with E-state index in [9.17, 15) is 4.79 Å². The molecule has 1 aliphatic heterocycles. The van der Waals surface area contributed by atoms with Crippen LogP contribution in [0, 0.1) is 0 Å². The highest BCUT2D eigenvalue weighted by Gasteiger charge is 2.17. The van der Waals surface area contributed by atoms with Crippen molar-refractivity contribution in [2.75, 3.05) is 20.1 Å². The molecule has 0 fully saturated rings. The topological polar surface area (TPSA) is 20.3 Å². The average molecular weight is 470 g/mol. The Morgan fingerprint density at radius 1 is 1.00 bits per heavy atom. The summed E-state index contributed by atoms with van der Waals surface area (Å²) in [6, 6.07) is 24.4. The first-order valence-corrected chi connectivity index (χ1v) is 11.5. The highest BCUT2D eigenvalue weighted by molar-refractivity contribution is 7.98. The van der Waals surface area contributed by atoms with Crippen LogP contribution in [0.3, 0.4) is 0 Å². The van der Waals surface area contributed by atoms with Gasteiger partial charge in [0.1, 0.15) is 0 Å².